The van der Waals surface area contributed by atoms with Crippen molar-refractivity contribution in [3.63, 3.8) is 0 Å². The Bertz CT molecular complexity index is 219. The van der Waals surface area contributed by atoms with Gasteiger partial charge in [0.15, 0.2) is 0 Å². The normalized spacial score (nSPS) is 12.1. The number of carbonyl (C=O) groups excluding carboxylic acids is 2. The van der Waals surface area contributed by atoms with Crippen molar-refractivity contribution in [1.29, 1.82) is 0 Å². The number of likely N-dealkylation sites (N-methyl/N-ethyl adjacent to an activating group) is 1. The van der Waals surface area contributed by atoms with E-state index >= 15 is 0 Å². The predicted octanol–water partition coefficient (Wildman–Crippen LogP) is 0.146. The zero-order valence-corrected chi connectivity index (χ0v) is 10.2. The molecule has 5 nitrogen and oxygen atoms in total. The summed E-state index contributed by atoms with van der Waals surface area (Å²) < 4.78 is 0. The molecular weight excluding hydrogens is 206 g/mol. The van der Waals surface area contributed by atoms with Crippen LogP contribution in [0.2, 0.25) is 0 Å². The van der Waals surface area contributed by atoms with Crippen molar-refractivity contribution in [2.75, 3.05) is 13.6 Å². The van der Waals surface area contributed by atoms with Crippen LogP contribution in [-0.2, 0) is 9.59 Å². The second-order valence-corrected chi connectivity index (χ2v) is 3.84. The third-order valence-corrected chi connectivity index (χ3v) is 2.41. The van der Waals surface area contributed by atoms with E-state index in [2.05, 4.69) is 10.6 Å². The second-order valence-electron chi connectivity index (χ2n) is 3.84. The molecule has 0 heterocycles. The van der Waals surface area contributed by atoms with Crippen molar-refractivity contribution in [2.24, 2.45) is 5.73 Å². The van der Waals surface area contributed by atoms with Gasteiger partial charge in [0.2, 0.25) is 11.8 Å². The Balaban J connectivity index is 3.45. The molecule has 0 aromatic heterocycles. The highest BCUT2D eigenvalue weighted by atomic mass is 16.2. The smallest absolute Gasteiger partial charge is 0.234 e. The fraction of sp³-hybridized carbons (Fsp3) is 0.818. The Morgan fingerprint density at radius 1 is 1.31 bits per heavy atom. The molecule has 0 aromatic rings. The van der Waals surface area contributed by atoms with Crippen LogP contribution in [0.1, 0.15) is 39.0 Å². The molecule has 4 N–H and O–H groups in total. The van der Waals surface area contributed by atoms with Crippen LogP contribution < -0.4 is 16.4 Å². The molecule has 94 valence electrons. The Hall–Kier alpha value is -1.10. The molecule has 0 rings (SSSR count). The van der Waals surface area contributed by atoms with Crippen molar-refractivity contribution in [1.82, 2.24) is 10.6 Å². The van der Waals surface area contributed by atoms with Crippen LogP contribution in [0.25, 0.3) is 0 Å². The van der Waals surface area contributed by atoms with Crippen molar-refractivity contribution in [3.05, 3.63) is 0 Å². The number of primary amides is 1. The Morgan fingerprint density at radius 2 is 2.00 bits per heavy atom. The SMILES string of the molecule is CCCC(=O)NCCCC[C@H](NC)C(N)=O. The molecule has 0 unspecified atom stereocenters. The molecule has 5 heteroatoms. The average molecular weight is 229 g/mol. The van der Waals surface area contributed by atoms with Crippen LogP contribution in [0.5, 0.6) is 0 Å². The van der Waals surface area contributed by atoms with Crippen LogP contribution >= 0.6 is 0 Å². The predicted molar refractivity (Wildman–Crippen MR) is 63.8 cm³/mol. The van der Waals surface area contributed by atoms with Crippen molar-refractivity contribution in [3.8, 4) is 0 Å². The number of nitrogens with two attached hydrogens (primary N) is 1. The first kappa shape index (κ1) is 14.9. The number of hydrogen-bond acceptors (Lipinski definition) is 3. The maximum absolute atomic E-state index is 11.1. The zero-order valence-electron chi connectivity index (χ0n) is 10.2. The summed E-state index contributed by atoms with van der Waals surface area (Å²) in [5.41, 5.74) is 5.18. The molecule has 0 aliphatic rings. The molecule has 16 heavy (non-hydrogen) atoms. The Labute approximate surface area is 97.2 Å². The molecule has 0 fully saturated rings. The monoisotopic (exact) mass is 229 g/mol. The molecule has 0 saturated carbocycles. The molecule has 0 radical (unpaired) electrons. The average Bonchev–Trinajstić information content (AvgIpc) is 2.23. The van der Waals surface area contributed by atoms with E-state index in [-0.39, 0.29) is 17.9 Å². The van der Waals surface area contributed by atoms with E-state index in [4.69, 9.17) is 5.73 Å². The van der Waals surface area contributed by atoms with Gasteiger partial charge >= 0.3 is 0 Å². The van der Waals surface area contributed by atoms with E-state index in [9.17, 15) is 9.59 Å². The maximum atomic E-state index is 11.1. The van der Waals surface area contributed by atoms with Crippen LogP contribution in [0.15, 0.2) is 0 Å². The van der Waals surface area contributed by atoms with E-state index in [0.29, 0.717) is 13.0 Å². The summed E-state index contributed by atoms with van der Waals surface area (Å²) in [5.74, 6) is -0.222. The van der Waals surface area contributed by atoms with E-state index in [1.807, 2.05) is 6.92 Å². The van der Waals surface area contributed by atoms with E-state index in [1.165, 1.54) is 0 Å². The standard InChI is InChI=1S/C11H23N3O2/c1-3-6-10(15)14-8-5-4-7-9(13-2)11(12)16/h9,13H,3-8H2,1-2H3,(H2,12,16)(H,14,15)/t9-/m0/s1. The van der Waals surface area contributed by atoms with Gasteiger partial charge in [-0.05, 0) is 32.7 Å². The van der Waals surface area contributed by atoms with E-state index in [0.717, 1.165) is 25.7 Å². The van der Waals surface area contributed by atoms with Gasteiger partial charge in [-0.3, -0.25) is 9.59 Å². The molecule has 0 bridgehead atoms. The van der Waals surface area contributed by atoms with Gasteiger partial charge in [0.25, 0.3) is 0 Å². The summed E-state index contributed by atoms with van der Waals surface area (Å²) in [6.45, 7) is 2.65. The number of rotatable bonds is 9. The van der Waals surface area contributed by atoms with Crippen molar-refractivity contribution in [2.45, 2.75) is 45.1 Å². The van der Waals surface area contributed by atoms with Crippen LogP contribution in [0.3, 0.4) is 0 Å². The lowest BCUT2D eigenvalue weighted by Crippen LogP contribution is -2.39. The van der Waals surface area contributed by atoms with Gasteiger partial charge in [0, 0.05) is 13.0 Å². The van der Waals surface area contributed by atoms with E-state index in [1.54, 1.807) is 7.05 Å². The largest absolute Gasteiger partial charge is 0.368 e. The number of amides is 2. The summed E-state index contributed by atoms with van der Waals surface area (Å²) >= 11 is 0. The minimum absolute atomic E-state index is 0.0996. The molecule has 0 spiro atoms. The van der Waals surface area contributed by atoms with Crippen LogP contribution in [0.4, 0.5) is 0 Å². The van der Waals surface area contributed by atoms with Gasteiger partial charge in [0.1, 0.15) is 0 Å². The van der Waals surface area contributed by atoms with Gasteiger partial charge in [-0.25, -0.2) is 0 Å². The van der Waals surface area contributed by atoms with Crippen LogP contribution in [-0.4, -0.2) is 31.4 Å². The van der Waals surface area contributed by atoms with Crippen LogP contribution in [0, 0.1) is 0 Å². The third-order valence-electron chi connectivity index (χ3n) is 2.41. The number of nitrogens with one attached hydrogen (secondary N) is 2. The van der Waals surface area contributed by atoms with E-state index < -0.39 is 0 Å². The molecule has 0 saturated heterocycles. The number of unbranched alkanes of at least 4 members (excludes halogenated alkanes) is 1. The minimum atomic E-state index is -0.322. The first-order valence-corrected chi connectivity index (χ1v) is 5.85. The quantitative estimate of drug-likeness (QED) is 0.492. The highest BCUT2D eigenvalue weighted by Gasteiger charge is 2.11. The van der Waals surface area contributed by atoms with Gasteiger partial charge in [0.05, 0.1) is 6.04 Å². The molecular formula is C11H23N3O2. The molecule has 1 atom stereocenters. The minimum Gasteiger partial charge on any atom is -0.368 e. The van der Waals surface area contributed by atoms with Gasteiger partial charge in [-0.2, -0.15) is 0 Å². The van der Waals surface area contributed by atoms with Gasteiger partial charge in [-0.1, -0.05) is 6.92 Å². The van der Waals surface area contributed by atoms with Crippen molar-refractivity contribution >= 4 is 11.8 Å². The zero-order chi connectivity index (χ0) is 12.4. The summed E-state index contributed by atoms with van der Waals surface area (Å²) in [4.78, 5) is 22.0. The summed E-state index contributed by atoms with van der Waals surface area (Å²) in [7, 11) is 1.72. The highest BCUT2D eigenvalue weighted by molar-refractivity contribution is 5.79. The fourth-order valence-corrected chi connectivity index (χ4v) is 1.45. The summed E-state index contributed by atoms with van der Waals surface area (Å²) in [5, 5.41) is 5.69. The lowest BCUT2D eigenvalue weighted by atomic mass is 10.1. The Kier molecular flexibility index (Phi) is 8.52. The third kappa shape index (κ3) is 7.23. The second kappa shape index (κ2) is 9.15. The topological polar surface area (TPSA) is 84.2 Å². The molecule has 0 aliphatic carbocycles. The summed E-state index contributed by atoms with van der Waals surface area (Å²) in [6, 6.07) is -0.258. The lowest BCUT2D eigenvalue weighted by molar-refractivity contribution is -0.121. The molecule has 0 aliphatic heterocycles. The summed E-state index contributed by atoms with van der Waals surface area (Å²) in [6.07, 6.45) is 3.92. The lowest BCUT2D eigenvalue weighted by Gasteiger charge is -2.11. The highest BCUT2D eigenvalue weighted by Crippen LogP contribution is 1.99. The van der Waals surface area contributed by atoms with Gasteiger partial charge < -0.3 is 16.4 Å². The van der Waals surface area contributed by atoms with Crippen molar-refractivity contribution < 1.29 is 9.59 Å². The first-order chi connectivity index (χ1) is 7.61. The molecule has 0 aromatic carbocycles. The maximum Gasteiger partial charge on any atom is 0.234 e. The fourth-order valence-electron chi connectivity index (χ4n) is 1.45. The Morgan fingerprint density at radius 3 is 2.50 bits per heavy atom. The number of hydrogen-bond donors (Lipinski definition) is 3. The first-order valence-electron chi connectivity index (χ1n) is 5.85. The number of carbonyl (C=O) groups is 2. The molecule has 2 amide bonds. The van der Waals surface area contributed by atoms with Gasteiger partial charge in [-0.15, -0.1) is 0 Å².